The van der Waals surface area contributed by atoms with E-state index in [1.165, 1.54) is 37.0 Å². The van der Waals surface area contributed by atoms with E-state index in [4.69, 9.17) is 4.98 Å². The summed E-state index contributed by atoms with van der Waals surface area (Å²) in [5, 5.41) is 34.9. The van der Waals surface area contributed by atoms with Crippen LogP contribution in [0.15, 0.2) is 53.0 Å². The van der Waals surface area contributed by atoms with Crippen LogP contribution in [-0.2, 0) is 11.8 Å². The zero-order chi connectivity index (χ0) is 27.1. The van der Waals surface area contributed by atoms with Crippen LogP contribution in [-0.4, -0.2) is 38.6 Å². The normalized spacial score (nSPS) is 36.6. The predicted octanol–water partition coefficient (Wildman–Crippen LogP) is 6.82. The molecule has 5 rings (SSSR count). The van der Waals surface area contributed by atoms with Gasteiger partial charge in [0.2, 0.25) is 0 Å². The maximum absolute atomic E-state index is 11.2. The molecule has 1 aromatic rings. The van der Waals surface area contributed by atoms with Gasteiger partial charge in [0, 0.05) is 11.8 Å². The molecule has 0 bridgehead atoms. The summed E-state index contributed by atoms with van der Waals surface area (Å²) >= 11 is 1.73. The quantitative estimate of drug-likeness (QED) is 0.318. The van der Waals surface area contributed by atoms with E-state index in [0.717, 1.165) is 48.3 Å². The van der Waals surface area contributed by atoms with Crippen molar-refractivity contribution in [3.8, 4) is 0 Å². The average molecular weight is 538 g/mol. The van der Waals surface area contributed by atoms with Gasteiger partial charge in [0.05, 0.1) is 29.4 Å². The van der Waals surface area contributed by atoms with E-state index in [0.29, 0.717) is 30.6 Å². The number of aromatic nitrogens is 1. The topological polar surface area (TPSA) is 73.6 Å². The lowest BCUT2D eigenvalue weighted by Gasteiger charge is -2.44. The first-order valence-corrected chi connectivity index (χ1v) is 15.8. The molecule has 4 saturated carbocycles. The number of rotatable bonds is 8. The molecule has 38 heavy (non-hydrogen) atoms. The van der Waals surface area contributed by atoms with Crippen molar-refractivity contribution >= 4 is 11.3 Å². The Hall–Kier alpha value is -1.53. The second kappa shape index (κ2) is 11.2. The number of allylic oxidation sites excluding steroid dienone is 4. The minimum atomic E-state index is -0.636. The highest BCUT2D eigenvalue weighted by Crippen LogP contribution is 2.60. The Labute approximate surface area is 233 Å². The molecule has 4 nitrogen and oxygen atoms in total. The molecule has 5 heteroatoms. The number of hydrogen-bond acceptors (Lipinski definition) is 5. The van der Waals surface area contributed by atoms with Crippen molar-refractivity contribution in [2.24, 2.45) is 23.2 Å². The molecule has 3 N–H and O–H groups in total. The fourth-order valence-electron chi connectivity index (χ4n) is 7.88. The summed E-state index contributed by atoms with van der Waals surface area (Å²) in [5.41, 5.74) is 4.56. The number of fused-ring (bicyclic) bond motifs is 1. The van der Waals surface area contributed by atoms with Gasteiger partial charge >= 0.3 is 0 Å². The minimum absolute atomic E-state index is 0.159. The lowest BCUT2D eigenvalue weighted by molar-refractivity contribution is 0.0862. The zero-order valence-electron chi connectivity index (χ0n) is 23.5. The van der Waals surface area contributed by atoms with Gasteiger partial charge in [-0.3, -0.25) is 0 Å². The number of hydrogen-bond donors (Lipinski definition) is 3. The zero-order valence-corrected chi connectivity index (χ0v) is 24.3. The van der Waals surface area contributed by atoms with Gasteiger partial charge in [0.1, 0.15) is 5.01 Å². The Morgan fingerprint density at radius 3 is 2.71 bits per heavy atom. The van der Waals surface area contributed by atoms with Crippen molar-refractivity contribution in [3.05, 3.63) is 63.7 Å². The first kappa shape index (κ1) is 28.0. The van der Waals surface area contributed by atoms with Crippen molar-refractivity contribution in [2.45, 2.75) is 115 Å². The first-order valence-electron chi connectivity index (χ1n) is 14.9. The number of aryl methyl sites for hydroxylation is 1. The van der Waals surface area contributed by atoms with Gasteiger partial charge in [-0.25, -0.2) is 4.98 Å². The molecular weight excluding hydrogens is 490 g/mol. The highest BCUT2D eigenvalue weighted by Gasteiger charge is 2.53. The first-order chi connectivity index (χ1) is 18.2. The molecular formula is C33H47NO3S. The summed E-state index contributed by atoms with van der Waals surface area (Å²) in [6.07, 6.45) is 18.4. The molecule has 0 radical (unpaired) electrons. The Morgan fingerprint density at radius 2 is 1.97 bits per heavy atom. The van der Waals surface area contributed by atoms with E-state index in [9.17, 15) is 15.3 Å². The SMILES string of the molecule is C=C1/C(=C\C=C2/CCC[C@@]3(C)C2CC[C@@H]3[C@H](C)/C=C/C(O)C2(c3nc(CCC)cs3)CC2)C[C@@H](O)C[C@@H]1O. The number of aliphatic hydroxyl groups excluding tert-OH is 3. The van der Waals surface area contributed by atoms with Crippen LogP contribution >= 0.6 is 11.3 Å². The minimum Gasteiger partial charge on any atom is -0.393 e. The van der Waals surface area contributed by atoms with Crippen molar-refractivity contribution in [3.63, 3.8) is 0 Å². The van der Waals surface area contributed by atoms with Crippen LogP contribution in [0.25, 0.3) is 0 Å². The highest BCUT2D eigenvalue weighted by atomic mass is 32.1. The standard InChI is InChI=1S/C33H47NO3S/c1-5-7-25-20-38-31(34-25)33(16-17-33)30(37)14-9-21(2)27-12-13-28-23(8-6-15-32(27,28)4)10-11-24-18-26(35)19-29(36)22(24)3/h9-11,14,20-21,26-30,35-37H,3,5-8,12-13,15-19H2,1-2,4H3/b14-9+,23-10+,24-11-/t21-,26-,27-,28?,29+,30?,32-/m1/s1. The third-order valence-electron chi connectivity index (χ3n) is 10.4. The van der Waals surface area contributed by atoms with E-state index in [1.54, 1.807) is 11.3 Å². The van der Waals surface area contributed by atoms with E-state index >= 15 is 0 Å². The van der Waals surface area contributed by atoms with Crippen LogP contribution in [0.1, 0.15) is 95.7 Å². The highest BCUT2D eigenvalue weighted by molar-refractivity contribution is 7.09. The van der Waals surface area contributed by atoms with Gasteiger partial charge in [0.15, 0.2) is 0 Å². The molecule has 7 atom stereocenters. The third-order valence-corrected chi connectivity index (χ3v) is 11.5. The molecule has 208 valence electrons. The molecule has 4 aliphatic carbocycles. The van der Waals surface area contributed by atoms with Gasteiger partial charge in [-0.2, -0.15) is 0 Å². The van der Waals surface area contributed by atoms with Gasteiger partial charge in [-0.15, -0.1) is 11.3 Å². The van der Waals surface area contributed by atoms with Crippen LogP contribution in [0.2, 0.25) is 0 Å². The lowest BCUT2D eigenvalue weighted by atomic mass is 9.61. The van der Waals surface area contributed by atoms with E-state index in [1.807, 2.05) is 0 Å². The van der Waals surface area contributed by atoms with Gasteiger partial charge in [-0.05, 0) is 92.1 Å². The second-order valence-corrected chi connectivity index (χ2v) is 13.8. The summed E-state index contributed by atoms with van der Waals surface area (Å²) < 4.78 is 0. The summed E-state index contributed by atoms with van der Waals surface area (Å²) in [7, 11) is 0. The smallest absolute Gasteiger partial charge is 0.102 e. The van der Waals surface area contributed by atoms with Crippen LogP contribution in [0.5, 0.6) is 0 Å². The molecule has 1 heterocycles. The van der Waals surface area contributed by atoms with Crippen molar-refractivity contribution in [1.82, 2.24) is 4.98 Å². The Kier molecular flexibility index (Phi) is 8.22. The predicted molar refractivity (Wildman–Crippen MR) is 156 cm³/mol. The fraction of sp³-hybridized carbons (Fsp3) is 0.667. The van der Waals surface area contributed by atoms with Crippen molar-refractivity contribution < 1.29 is 15.3 Å². The Balaban J connectivity index is 1.27. The lowest BCUT2D eigenvalue weighted by Crippen LogP contribution is -2.35. The van der Waals surface area contributed by atoms with Crippen molar-refractivity contribution in [1.29, 1.82) is 0 Å². The Bertz CT molecular complexity index is 1110. The van der Waals surface area contributed by atoms with Gasteiger partial charge < -0.3 is 15.3 Å². The largest absolute Gasteiger partial charge is 0.393 e. The van der Waals surface area contributed by atoms with Crippen LogP contribution in [0.3, 0.4) is 0 Å². The molecule has 0 saturated heterocycles. The van der Waals surface area contributed by atoms with Crippen LogP contribution in [0, 0.1) is 23.2 Å². The maximum Gasteiger partial charge on any atom is 0.102 e. The molecule has 4 fully saturated rings. The molecule has 0 amide bonds. The molecule has 0 spiro atoms. The average Bonchev–Trinajstić information content (AvgIpc) is 3.42. The monoisotopic (exact) mass is 537 g/mol. The van der Waals surface area contributed by atoms with E-state index < -0.39 is 18.3 Å². The summed E-state index contributed by atoms with van der Waals surface area (Å²) in [5.74, 6) is 1.60. The van der Waals surface area contributed by atoms with Crippen molar-refractivity contribution in [2.75, 3.05) is 0 Å². The maximum atomic E-state index is 11.2. The van der Waals surface area contributed by atoms with E-state index in [-0.39, 0.29) is 10.8 Å². The number of thiazole rings is 1. The number of aliphatic hydroxyl groups is 3. The third kappa shape index (κ3) is 5.29. The molecule has 2 unspecified atom stereocenters. The van der Waals surface area contributed by atoms with Gasteiger partial charge in [0.25, 0.3) is 0 Å². The summed E-state index contributed by atoms with van der Waals surface area (Å²) in [4.78, 5) is 4.88. The molecule has 0 aromatic carbocycles. The van der Waals surface area contributed by atoms with Crippen LogP contribution in [0.4, 0.5) is 0 Å². The molecule has 4 aliphatic rings. The van der Waals surface area contributed by atoms with E-state index in [2.05, 4.69) is 57.0 Å². The van der Waals surface area contributed by atoms with Crippen LogP contribution < -0.4 is 0 Å². The second-order valence-electron chi connectivity index (χ2n) is 12.9. The Morgan fingerprint density at radius 1 is 1.18 bits per heavy atom. The number of nitrogens with zero attached hydrogens (tertiary/aromatic N) is 1. The summed E-state index contributed by atoms with van der Waals surface area (Å²) in [6, 6.07) is 0. The molecule has 0 aliphatic heterocycles. The van der Waals surface area contributed by atoms with Gasteiger partial charge in [-0.1, -0.05) is 63.6 Å². The molecule has 1 aromatic heterocycles. The fourth-order valence-corrected chi connectivity index (χ4v) is 9.03. The summed E-state index contributed by atoms with van der Waals surface area (Å²) in [6.45, 7) is 11.1.